The molecule has 0 unspecified atom stereocenters. The third kappa shape index (κ3) is 22.6. The van der Waals surface area contributed by atoms with Crippen LogP contribution in [0.25, 0.3) is 0 Å². The van der Waals surface area contributed by atoms with Crippen molar-refractivity contribution in [2.75, 3.05) is 13.2 Å². The van der Waals surface area contributed by atoms with Crippen LogP contribution in [-0.2, 0) is 28.7 Å². The Morgan fingerprint density at radius 3 is 1.16 bits per heavy atom. The van der Waals surface area contributed by atoms with E-state index in [1.807, 2.05) is 48.5 Å². The number of carboxylic acid groups (broad SMARTS) is 2. The molecule has 0 aromatic heterocycles. The normalized spacial score (nSPS) is 10.4. The van der Waals surface area contributed by atoms with Gasteiger partial charge in [-0.2, -0.15) is 0 Å². The summed E-state index contributed by atoms with van der Waals surface area (Å²) in [5, 5.41) is 16.4. The molecule has 0 fully saturated rings. The lowest BCUT2D eigenvalue weighted by Gasteiger charge is -2.19. The second kappa shape index (κ2) is 19.6. The summed E-state index contributed by atoms with van der Waals surface area (Å²) in [5.41, 5.74) is -0.851. The molecular formula is C24H48O8. The molecule has 0 amide bonds. The standard InChI is InChI=1S/C8H16O2.2C6H12O2.C4H8O2/c1-5-8(3,4)7(9)10-6-2;1-4-6(2,3)5(7)8;1-4-8-6(7)5(2)3;1-3(2)4(5)6/h5-6H2,1-4H3;4H2,1-3H3,(H,7,8);5H,4H2,1-3H3;3H,1-2H3,(H,5,6). The van der Waals surface area contributed by atoms with E-state index in [1.165, 1.54) is 0 Å². The number of aliphatic carboxylic acids is 2. The van der Waals surface area contributed by atoms with Crippen molar-refractivity contribution in [1.82, 2.24) is 0 Å². The van der Waals surface area contributed by atoms with Crippen LogP contribution in [0.1, 0.15) is 95.9 Å². The fourth-order valence-electron chi connectivity index (χ4n) is 0.931. The Kier molecular flexibility index (Phi) is 22.7. The van der Waals surface area contributed by atoms with Crippen LogP contribution in [0.2, 0.25) is 0 Å². The Morgan fingerprint density at radius 1 is 0.688 bits per heavy atom. The first-order valence-electron chi connectivity index (χ1n) is 11.2. The van der Waals surface area contributed by atoms with Crippen molar-refractivity contribution in [1.29, 1.82) is 0 Å². The molecule has 2 N–H and O–H groups in total. The molecule has 0 bridgehead atoms. The summed E-state index contributed by atoms with van der Waals surface area (Å²) >= 11 is 0. The molecule has 0 radical (unpaired) electrons. The highest BCUT2D eigenvalue weighted by Gasteiger charge is 2.26. The Labute approximate surface area is 195 Å². The Bertz CT molecular complexity index is 532. The minimum absolute atomic E-state index is 0.00921. The summed E-state index contributed by atoms with van der Waals surface area (Å²) in [4.78, 5) is 41.5. The summed E-state index contributed by atoms with van der Waals surface area (Å²) in [7, 11) is 0. The van der Waals surface area contributed by atoms with E-state index >= 15 is 0 Å². The number of hydrogen-bond donors (Lipinski definition) is 2. The Balaban J connectivity index is -0.000000166. The van der Waals surface area contributed by atoms with E-state index in [0.29, 0.717) is 19.6 Å². The molecule has 8 nitrogen and oxygen atoms in total. The van der Waals surface area contributed by atoms with Crippen molar-refractivity contribution in [2.45, 2.75) is 95.9 Å². The average Bonchev–Trinajstić information content (AvgIpc) is 2.69. The van der Waals surface area contributed by atoms with Gasteiger partial charge >= 0.3 is 23.9 Å². The Morgan fingerprint density at radius 2 is 1.03 bits per heavy atom. The lowest BCUT2D eigenvalue weighted by molar-refractivity contribution is -0.153. The fraction of sp³-hybridized carbons (Fsp3) is 0.833. The van der Waals surface area contributed by atoms with E-state index in [0.717, 1.165) is 6.42 Å². The molecule has 0 saturated carbocycles. The van der Waals surface area contributed by atoms with Crippen LogP contribution in [-0.4, -0.2) is 47.3 Å². The number of carboxylic acids is 2. The zero-order valence-electron chi connectivity index (χ0n) is 22.3. The van der Waals surface area contributed by atoms with Crippen molar-refractivity contribution < 1.29 is 38.9 Å². The number of carbonyl (C=O) groups is 4. The largest absolute Gasteiger partial charge is 0.481 e. The van der Waals surface area contributed by atoms with Gasteiger partial charge in [-0.15, -0.1) is 0 Å². The number of rotatable bonds is 8. The monoisotopic (exact) mass is 464 g/mol. The van der Waals surface area contributed by atoms with Crippen molar-refractivity contribution in [3.8, 4) is 0 Å². The third-order valence-corrected chi connectivity index (χ3v) is 4.43. The van der Waals surface area contributed by atoms with Gasteiger partial charge in [-0.25, -0.2) is 0 Å². The van der Waals surface area contributed by atoms with E-state index in [9.17, 15) is 19.2 Å². The van der Waals surface area contributed by atoms with Gasteiger partial charge in [0.05, 0.1) is 35.9 Å². The SMILES string of the molecule is CC(C)C(=O)O.CCC(C)(C)C(=O)O.CCOC(=O)C(C)(C)CC.CCOC(=O)C(C)C. The lowest BCUT2D eigenvalue weighted by atomic mass is 9.91. The molecule has 0 rings (SSSR count). The minimum Gasteiger partial charge on any atom is -0.481 e. The molecule has 0 aliphatic carbocycles. The highest BCUT2D eigenvalue weighted by atomic mass is 16.5. The Hall–Kier alpha value is -2.12. The van der Waals surface area contributed by atoms with Gasteiger partial charge in [0.2, 0.25) is 0 Å². The summed E-state index contributed by atoms with van der Waals surface area (Å²) in [6.07, 6.45) is 1.51. The molecule has 0 aromatic rings. The number of hydrogen-bond acceptors (Lipinski definition) is 6. The maximum absolute atomic E-state index is 11.1. The van der Waals surface area contributed by atoms with Gasteiger partial charge in [-0.3, -0.25) is 19.2 Å². The molecule has 0 spiro atoms. The van der Waals surface area contributed by atoms with Gasteiger partial charge in [0.25, 0.3) is 0 Å². The first kappa shape index (κ1) is 37.2. The molecule has 32 heavy (non-hydrogen) atoms. The van der Waals surface area contributed by atoms with Crippen molar-refractivity contribution in [3.63, 3.8) is 0 Å². The van der Waals surface area contributed by atoms with Gasteiger partial charge < -0.3 is 19.7 Å². The van der Waals surface area contributed by atoms with Crippen LogP contribution in [0.5, 0.6) is 0 Å². The molecule has 0 heterocycles. The maximum Gasteiger partial charge on any atom is 0.311 e. The second-order valence-corrected chi connectivity index (χ2v) is 8.90. The zero-order chi connectivity index (χ0) is 26.7. The smallest absolute Gasteiger partial charge is 0.311 e. The molecule has 0 aliphatic rings. The summed E-state index contributed by atoms with van der Waals surface area (Å²) < 4.78 is 9.52. The number of esters is 2. The van der Waals surface area contributed by atoms with E-state index < -0.39 is 17.4 Å². The van der Waals surface area contributed by atoms with Crippen LogP contribution < -0.4 is 0 Å². The first-order chi connectivity index (χ1) is 14.4. The lowest BCUT2D eigenvalue weighted by Crippen LogP contribution is -2.25. The van der Waals surface area contributed by atoms with Gasteiger partial charge in [-0.05, 0) is 54.4 Å². The van der Waals surface area contributed by atoms with Crippen LogP contribution in [0, 0.1) is 22.7 Å². The minimum atomic E-state index is -0.741. The highest BCUT2D eigenvalue weighted by Crippen LogP contribution is 2.21. The van der Waals surface area contributed by atoms with Crippen molar-refractivity contribution in [3.05, 3.63) is 0 Å². The van der Waals surface area contributed by atoms with Gasteiger partial charge in [0.1, 0.15) is 0 Å². The molecule has 0 aromatic carbocycles. The average molecular weight is 465 g/mol. The zero-order valence-corrected chi connectivity index (χ0v) is 22.3. The van der Waals surface area contributed by atoms with Gasteiger partial charge in [0.15, 0.2) is 0 Å². The van der Waals surface area contributed by atoms with Crippen molar-refractivity contribution >= 4 is 23.9 Å². The number of ether oxygens (including phenoxy) is 2. The van der Waals surface area contributed by atoms with Crippen LogP contribution in [0.4, 0.5) is 0 Å². The summed E-state index contributed by atoms with van der Waals surface area (Å²) in [6.45, 7) is 22.6. The predicted molar refractivity (Wildman–Crippen MR) is 126 cm³/mol. The van der Waals surface area contributed by atoms with E-state index in [1.54, 1.807) is 34.6 Å². The quantitative estimate of drug-likeness (QED) is 0.455. The molecule has 8 heteroatoms. The van der Waals surface area contributed by atoms with Gasteiger partial charge in [-0.1, -0.05) is 41.5 Å². The van der Waals surface area contributed by atoms with Gasteiger partial charge in [0, 0.05) is 0 Å². The third-order valence-electron chi connectivity index (χ3n) is 4.43. The molecule has 0 atom stereocenters. The fourth-order valence-corrected chi connectivity index (χ4v) is 0.931. The molecule has 0 saturated heterocycles. The van der Waals surface area contributed by atoms with Crippen LogP contribution in [0.15, 0.2) is 0 Å². The van der Waals surface area contributed by atoms with Crippen LogP contribution in [0.3, 0.4) is 0 Å². The molecule has 0 aliphatic heterocycles. The maximum atomic E-state index is 11.1. The molecular weight excluding hydrogens is 416 g/mol. The van der Waals surface area contributed by atoms with E-state index in [2.05, 4.69) is 4.74 Å². The van der Waals surface area contributed by atoms with Crippen LogP contribution >= 0.6 is 0 Å². The molecule has 192 valence electrons. The number of carbonyl (C=O) groups excluding carboxylic acids is 2. The first-order valence-corrected chi connectivity index (χ1v) is 11.2. The predicted octanol–water partition coefficient (Wildman–Crippen LogP) is 5.43. The van der Waals surface area contributed by atoms with E-state index in [4.69, 9.17) is 14.9 Å². The van der Waals surface area contributed by atoms with E-state index in [-0.39, 0.29) is 29.2 Å². The second-order valence-electron chi connectivity index (χ2n) is 8.90. The summed E-state index contributed by atoms with van der Waals surface area (Å²) in [5.74, 6) is -1.90. The highest BCUT2D eigenvalue weighted by molar-refractivity contribution is 5.75. The summed E-state index contributed by atoms with van der Waals surface area (Å²) in [6, 6.07) is 0. The topological polar surface area (TPSA) is 127 Å². The van der Waals surface area contributed by atoms with Crippen molar-refractivity contribution in [2.24, 2.45) is 22.7 Å².